The van der Waals surface area contributed by atoms with Gasteiger partial charge in [0.25, 0.3) is 0 Å². The number of carbonyl (C=O) groups is 2. The highest BCUT2D eigenvalue weighted by Crippen LogP contribution is 2.39. The number of benzene rings is 1. The van der Waals surface area contributed by atoms with Crippen molar-refractivity contribution in [2.75, 3.05) is 19.5 Å². The average molecular weight is 397 g/mol. The number of rotatable bonds is 4. The second kappa shape index (κ2) is 7.55. The molecule has 1 aromatic carbocycles. The summed E-state index contributed by atoms with van der Waals surface area (Å²) >= 11 is 1.71. The summed E-state index contributed by atoms with van der Waals surface area (Å²) in [6.45, 7) is 0. The summed E-state index contributed by atoms with van der Waals surface area (Å²) in [5, 5.41) is 4.28. The van der Waals surface area contributed by atoms with Crippen LogP contribution >= 0.6 is 11.3 Å². The van der Waals surface area contributed by atoms with Crippen LogP contribution in [0.2, 0.25) is 0 Å². The van der Waals surface area contributed by atoms with E-state index < -0.39 is 11.9 Å². The summed E-state index contributed by atoms with van der Waals surface area (Å²) in [4.78, 5) is 35.2. The van der Waals surface area contributed by atoms with Gasteiger partial charge in [0.1, 0.15) is 17.0 Å². The number of nitrogens with one attached hydrogen (secondary N) is 1. The monoisotopic (exact) mass is 397 g/mol. The maximum absolute atomic E-state index is 12.0. The first kappa shape index (κ1) is 18.4. The van der Waals surface area contributed by atoms with E-state index in [9.17, 15) is 9.59 Å². The van der Waals surface area contributed by atoms with Gasteiger partial charge in [0.05, 0.1) is 30.7 Å². The Bertz CT molecular complexity index is 1040. The molecule has 1 aliphatic carbocycles. The van der Waals surface area contributed by atoms with Gasteiger partial charge in [0.15, 0.2) is 0 Å². The minimum absolute atomic E-state index is 0.255. The highest BCUT2D eigenvalue weighted by molar-refractivity contribution is 7.19. The van der Waals surface area contributed by atoms with Crippen LogP contribution in [0.25, 0.3) is 10.2 Å². The molecule has 8 heteroatoms. The van der Waals surface area contributed by atoms with E-state index in [4.69, 9.17) is 9.47 Å². The molecule has 4 rings (SSSR count). The van der Waals surface area contributed by atoms with E-state index in [1.54, 1.807) is 23.5 Å². The zero-order chi connectivity index (χ0) is 19.7. The minimum atomic E-state index is -0.533. The predicted octanol–water partition coefficient (Wildman–Crippen LogP) is 3.89. The Morgan fingerprint density at radius 3 is 2.36 bits per heavy atom. The van der Waals surface area contributed by atoms with Gasteiger partial charge in [-0.2, -0.15) is 0 Å². The first-order valence-electron chi connectivity index (χ1n) is 8.94. The lowest BCUT2D eigenvalue weighted by Crippen LogP contribution is -2.08. The highest BCUT2D eigenvalue weighted by atomic mass is 32.1. The Balaban J connectivity index is 1.79. The Morgan fingerprint density at radius 1 is 1.00 bits per heavy atom. The van der Waals surface area contributed by atoms with Crippen LogP contribution in [-0.4, -0.2) is 36.1 Å². The summed E-state index contributed by atoms with van der Waals surface area (Å²) < 4.78 is 9.60. The molecule has 0 atom stereocenters. The Hall–Kier alpha value is -3.00. The standard InChI is InChI=1S/C20H19N3O4S/c1-26-19(24)11-7-12(20(25)27-2)9-13(8-11)23-17-16-14-5-3-4-6-15(14)28-18(16)22-10-21-17/h7-10H,3-6H2,1-2H3,(H,21,22,23). The molecule has 0 saturated carbocycles. The largest absolute Gasteiger partial charge is 0.465 e. The van der Waals surface area contributed by atoms with Crippen LogP contribution < -0.4 is 5.32 Å². The number of anilines is 2. The Morgan fingerprint density at radius 2 is 1.68 bits per heavy atom. The molecule has 2 heterocycles. The molecule has 0 radical (unpaired) electrons. The van der Waals surface area contributed by atoms with Crippen molar-refractivity contribution in [1.82, 2.24) is 9.97 Å². The van der Waals surface area contributed by atoms with Crippen LogP contribution in [-0.2, 0) is 22.3 Å². The van der Waals surface area contributed by atoms with Crippen LogP contribution in [0.15, 0.2) is 24.5 Å². The lowest BCUT2D eigenvalue weighted by molar-refractivity contribution is 0.0599. The van der Waals surface area contributed by atoms with Crippen molar-refractivity contribution in [1.29, 1.82) is 0 Å². The summed E-state index contributed by atoms with van der Waals surface area (Å²) in [5.74, 6) is -0.397. The van der Waals surface area contributed by atoms with Gasteiger partial charge in [0, 0.05) is 10.6 Å². The van der Waals surface area contributed by atoms with Gasteiger partial charge >= 0.3 is 11.9 Å². The number of methoxy groups -OCH3 is 2. The fraction of sp³-hybridized carbons (Fsp3) is 0.300. The van der Waals surface area contributed by atoms with E-state index in [0.717, 1.165) is 29.5 Å². The molecular formula is C20H19N3O4S. The lowest BCUT2D eigenvalue weighted by atomic mass is 9.97. The molecule has 0 fully saturated rings. The number of hydrogen-bond donors (Lipinski definition) is 1. The summed E-state index contributed by atoms with van der Waals surface area (Å²) in [6, 6.07) is 4.71. The van der Waals surface area contributed by atoms with Gasteiger partial charge in [-0.3, -0.25) is 0 Å². The number of nitrogens with zero attached hydrogens (tertiary/aromatic N) is 2. The van der Waals surface area contributed by atoms with Crippen molar-refractivity contribution >= 4 is 45.0 Å². The smallest absolute Gasteiger partial charge is 0.337 e. The Labute approximate surface area is 165 Å². The fourth-order valence-electron chi connectivity index (χ4n) is 3.49. The highest BCUT2D eigenvalue weighted by Gasteiger charge is 2.21. The fourth-order valence-corrected chi connectivity index (χ4v) is 4.72. The number of ether oxygens (including phenoxy) is 2. The molecule has 3 aromatic rings. The maximum Gasteiger partial charge on any atom is 0.337 e. The van der Waals surface area contributed by atoms with Crippen LogP contribution in [0, 0.1) is 0 Å². The third-order valence-corrected chi connectivity index (χ3v) is 5.99. The third kappa shape index (κ3) is 3.31. The molecule has 0 amide bonds. The van der Waals surface area contributed by atoms with Gasteiger partial charge in [0.2, 0.25) is 0 Å². The maximum atomic E-state index is 12.0. The minimum Gasteiger partial charge on any atom is -0.465 e. The van der Waals surface area contributed by atoms with Crippen molar-refractivity contribution < 1.29 is 19.1 Å². The zero-order valence-corrected chi connectivity index (χ0v) is 16.4. The second-order valence-electron chi connectivity index (χ2n) is 6.52. The quantitative estimate of drug-likeness (QED) is 0.668. The molecule has 2 aromatic heterocycles. The topological polar surface area (TPSA) is 90.4 Å². The van der Waals surface area contributed by atoms with Crippen molar-refractivity contribution in [2.45, 2.75) is 25.7 Å². The molecule has 28 heavy (non-hydrogen) atoms. The van der Waals surface area contributed by atoms with Crippen molar-refractivity contribution in [2.24, 2.45) is 0 Å². The van der Waals surface area contributed by atoms with Gasteiger partial charge in [-0.25, -0.2) is 19.6 Å². The first-order chi connectivity index (χ1) is 13.6. The molecule has 0 saturated heterocycles. The Kier molecular flexibility index (Phi) is 4.95. The SMILES string of the molecule is COC(=O)c1cc(Nc2ncnc3sc4c(c23)CCCC4)cc(C(=O)OC)c1. The van der Waals surface area contributed by atoms with Crippen molar-refractivity contribution in [3.63, 3.8) is 0 Å². The summed E-state index contributed by atoms with van der Waals surface area (Å²) in [7, 11) is 2.59. The van der Waals surface area contributed by atoms with E-state index >= 15 is 0 Å². The van der Waals surface area contributed by atoms with Crippen LogP contribution in [0.5, 0.6) is 0 Å². The molecule has 1 aliphatic rings. The van der Waals surface area contributed by atoms with Crippen molar-refractivity contribution in [3.05, 3.63) is 46.1 Å². The van der Waals surface area contributed by atoms with E-state index in [-0.39, 0.29) is 11.1 Å². The van der Waals surface area contributed by atoms with Gasteiger partial charge < -0.3 is 14.8 Å². The number of carbonyl (C=O) groups excluding carboxylic acids is 2. The molecule has 144 valence electrons. The number of esters is 2. The zero-order valence-electron chi connectivity index (χ0n) is 15.6. The molecule has 0 aliphatic heterocycles. The van der Waals surface area contributed by atoms with E-state index in [0.29, 0.717) is 11.5 Å². The van der Waals surface area contributed by atoms with E-state index in [1.807, 2.05) is 0 Å². The second-order valence-corrected chi connectivity index (χ2v) is 7.60. The molecule has 0 spiro atoms. The van der Waals surface area contributed by atoms with Crippen LogP contribution in [0.3, 0.4) is 0 Å². The first-order valence-corrected chi connectivity index (χ1v) is 9.76. The number of fused-ring (bicyclic) bond motifs is 3. The normalized spacial score (nSPS) is 13.1. The van der Waals surface area contributed by atoms with Gasteiger partial charge in [-0.1, -0.05) is 0 Å². The number of aryl methyl sites for hydroxylation is 2. The van der Waals surface area contributed by atoms with E-state index in [1.165, 1.54) is 43.5 Å². The molecular weight excluding hydrogens is 378 g/mol. The third-order valence-electron chi connectivity index (χ3n) is 4.79. The van der Waals surface area contributed by atoms with Crippen LogP contribution in [0.4, 0.5) is 11.5 Å². The molecule has 7 nitrogen and oxygen atoms in total. The van der Waals surface area contributed by atoms with Gasteiger partial charge in [-0.15, -0.1) is 11.3 Å². The van der Waals surface area contributed by atoms with Gasteiger partial charge in [-0.05, 0) is 49.4 Å². The van der Waals surface area contributed by atoms with E-state index in [2.05, 4.69) is 15.3 Å². The summed E-state index contributed by atoms with van der Waals surface area (Å²) in [5.41, 5.74) is 2.36. The number of aromatic nitrogens is 2. The average Bonchev–Trinajstić information content (AvgIpc) is 3.12. The lowest BCUT2D eigenvalue weighted by Gasteiger charge is -2.13. The van der Waals surface area contributed by atoms with Crippen molar-refractivity contribution in [3.8, 4) is 0 Å². The summed E-state index contributed by atoms with van der Waals surface area (Å²) in [6.07, 6.45) is 5.95. The van der Waals surface area contributed by atoms with Crippen LogP contribution in [0.1, 0.15) is 44.0 Å². The number of thiophene rings is 1. The molecule has 0 unspecified atom stereocenters. The number of hydrogen-bond acceptors (Lipinski definition) is 8. The predicted molar refractivity (Wildman–Crippen MR) is 106 cm³/mol. The molecule has 1 N–H and O–H groups in total. The molecule has 0 bridgehead atoms.